The molecule has 0 fully saturated rings. The first-order valence-corrected chi connectivity index (χ1v) is 13.1. The van der Waals surface area contributed by atoms with Gasteiger partial charge in [-0.25, -0.2) is 13.7 Å². The molecule has 1 aromatic heterocycles. The van der Waals surface area contributed by atoms with Gasteiger partial charge >= 0.3 is 16.5 Å². The lowest BCUT2D eigenvalue weighted by molar-refractivity contribution is 0.0159. The number of nitrogens with one attached hydrogen (secondary N) is 1. The maximum atomic E-state index is 13.0. The lowest BCUT2D eigenvalue weighted by atomic mass is 9.99. The zero-order valence-corrected chi connectivity index (χ0v) is 22.3. The van der Waals surface area contributed by atoms with E-state index in [1.54, 1.807) is 36.6 Å². The van der Waals surface area contributed by atoms with Crippen molar-refractivity contribution in [2.24, 2.45) is 0 Å². The molecule has 1 aromatic carbocycles. The van der Waals surface area contributed by atoms with Crippen LogP contribution >= 0.6 is 0 Å². The Morgan fingerprint density at radius 1 is 1.27 bits per heavy atom. The van der Waals surface area contributed by atoms with Crippen LogP contribution in [0.5, 0.6) is 0 Å². The van der Waals surface area contributed by atoms with Crippen molar-refractivity contribution in [2.45, 2.75) is 66.0 Å². The van der Waals surface area contributed by atoms with Crippen molar-refractivity contribution < 1.29 is 26.7 Å². The van der Waals surface area contributed by atoms with E-state index in [-0.39, 0.29) is 0 Å². The maximum absolute atomic E-state index is 13.0. The number of hydrogen-bond donors (Lipinski definition) is 2. The second-order valence-corrected chi connectivity index (χ2v) is 11.1. The highest BCUT2D eigenvalue weighted by Gasteiger charge is 2.40. The first-order chi connectivity index (χ1) is 17.2. The lowest BCUT2D eigenvalue weighted by Gasteiger charge is -2.36. The smallest absolute Gasteiger partial charge is 0.410 e. The van der Waals surface area contributed by atoms with E-state index < -0.39 is 34.5 Å². The maximum Gasteiger partial charge on any atom is 0.410 e. The van der Waals surface area contributed by atoms with Crippen molar-refractivity contribution in [3.8, 4) is 11.8 Å². The largest absolute Gasteiger partial charge is 0.444 e. The zero-order chi connectivity index (χ0) is 27.3. The molecule has 0 radical (unpaired) electrons. The SMILES string of the molecule is Cc1cc(-n2nc3c(c2N2C=CNC2OS(=O)(=O)O)[C@H](C)N(C(=O)OC(C)(C)C)CC3)cc(C)c1C#N. The van der Waals surface area contributed by atoms with Crippen molar-refractivity contribution in [3.63, 3.8) is 0 Å². The number of nitrogens with zero attached hydrogens (tertiary/aromatic N) is 5. The van der Waals surface area contributed by atoms with Crippen LogP contribution in [0.15, 0.2) is 24.5 Å². The molecule has 2 aliphatic heterocycles. The van der Waals surface area contributed by atoms with E-state index >= 15 is 0 Å². The highest BCUT2D eigenvalue weighted by Crippen LogP contribution is 2.40. The number of aromatic nitrogens is 2. The molecule has 198 valence electrons. The van der Waals surface area contributed by atoms with Gasteiger partial charge in [0.15, 0.2) is 0 Å². The van der Waals surface area contributed by atoms with Gasteiger partial charge < -0.3 is 15.0 Å². The topological polar surface area (TPSA) is 150 Å². The van der Waals surface area contributed by atoms with E-state index in [1.807, 2.05) is 32.9 Å². The summed E-state index contributed by atoms with van der Waals surface area (Å²) in [6.45, 7) is 11.3. The predicted octanol–water partition coefficient (Wildman–Crippen LogP) is 3.20. The summed E-state index contributed by atoms with van der Waals surface area (Å²) in [7, 11) is -4.81. The number of amides is 1. The van der Waals surface area contributed by atoms with Crippen molar-refractivity contribution in [1.82, 2.24) is 20.0 Å². The molecule has 1 amide bonds. The molecule has 3 heterocycles. The summed E-state index contributed by atoms with van der Waals surface area (Å²) < 4.78 is 44.6. The van der Waals surface area contributed by atoms with Gasteiger partial charge in [-0.05, 0) is 64.8 Å². The van der Waals surface area contributed by atoms with E-state index in [9.17, 15) is 23.0 Å². The van der Waals surface area contributed by atoms with Crippen LogP contribution in [0.1, 0.15) is 61.7 Å². The van der Waals surface area contributed by atoms with Crippen LogP contribution in [0.25, 0.3) is 5.69 Å². The number of fused-ring (bicyclic) bond motifs is 1. The number of anilines is 1. The molecule has 4 rings (SSSR count). The molecule has 2 atom stereocenters. The number of aryl methyl sites for hydroxylation is 2. The number of nitriles is 1. The fourth-order valence-electron chi connectivity index (χ4n) is 4.63. The second-order valence-electron chi connectivity index (χ2n) is 10.0. The minimum absolute atomic E-state index is 0.379. The van der Waals surface area contributed by atoms with E-state index in [0.29, 0.717) is 41.3 Å². The molecule has 0 spiro atoms. The van der Waals surface area contributed by atoms with Gasteiger partial charge in [0.05, 0.1) is 29.1 Å². The Balaban J connectivity index is 1.89. The van der Waals surface area contributed by atoms with Crippen molar-refractivity contribution >= 4 is 22.3 Å². The minimum Gasteiger partial charge on any atom is -0.444 e. The molecule has 1 unspecified atom stereocenters. The zero-order valence-electron chi connectivity index (χ0n) is 21.5. The van der Waals surface area contributed by atoms with Crippen molar-refractivity contribution in [2.75, 3.05) is 11.4 Å². The number of carbonyl (C=O) groups is 1. The van der Waals surface area contributed by atoms with Gasteiger partial charge in [-0.1, -0.05) is 0 Å². The van der Waals surface area contributed by atoms with Gasteiger partial charge in [0, 0.05) is 30.9 Å². The molecule has 0 aliphatic carbocycles. The minimum atomic E-state index is -4.81. The third-order valence-electron chi connectivity index (χ3n) is 6.13. The summed E-state index contributed by atoms with van der Waals surface area (Å²) in [6, 6.07) is 5.35. The molecule has 2 aromatic rings. The molecule has 0 saturated carbocycles. The molecule has 12 nitrogen and oxygen atoms in total. The third-order valence-corrected chi connectivity index (χ3v) is 6.56. The number of carbonyl (C=O) groups excluding carboxylic acids is 1. The first kappa shape index (κ1) is 26.5. The lowest BCUT2D eigenvalue weighted by Crippen LogP contribution is -2.44. The number of benzene rings is 1. The van der Waals surface area contributed by atoms with Crippen LogP contribution in [0, 0.1) is 25.2 Å². The van der Waals surface area contributed by atoms with E-state index in [1.165, 1.54) is 11.1 Å². The Hall–Kier alpha value is -3.60. The van der Waals surface area contributed by atoms with Gasteiger partial charge in [-0.3, -0.25) is 9.45 Å². The Kier molecular flexibility index (Phi) is 6.70. The number of hydrogen-bond acceptors (Lipinski definition) is 9. The second kappa shape index (κ2) is 9.37. The number of ether oxygens (including phenoxy) is 1. The summed E-state index contributed by atoms with van der Waals surface area (Å²) in [5.41, 5.74) is 3.41. The normalized spacial score (nSPS) is 19.4. The Morgan fingerprint density at radius 3 is 2.49 bits per heavy atom. The highest BCUT2D eigenvalue weighted by atomic mass is 32.3. The third kappa shape index (κ3) is 5.27. The van der Waals surface area contributed by atoms with Crippen molar-refractivity contribution in [1.29, 1.82) is 5.26 Å². The molecular formula is C24H30N6O6S. The molecule has 2 N–H and O–H groups in total. The first-order valence-electron chi connectivity index (χ1n) is 11.7. The average Bonchev–Trinajstić information content (AvgIpc) is 3.35. The summed E-state index contributed by atoms with van der Waals surface area (Å²) in [6.07, 6.45) is 1.71. The molecule has 0 bridgehead atoms. The average molecular weight is 531 g/mol. The Bertz CT molecular complexity index is 1400. The van der Waals surface area contributed by atoms with Crippen LogP contribution in [0.3, 0.4) is 0 Å². The standard InChI is InChI=1S/C24H30N6O6S/c1-14-11-17(12-15(2)18(14)13-25)30-21(29-10-8-26-22(29)36-37(32,33)34)20-16(3)28(9-7-19(20)27-30)23(31)35-24(4,5)6/h8,10-12,16,22,26H,7,9H2,1-6H3,(H,32,33,34)/t16-,22?/m0/s1. The summed E-state index contributed by atoms with van der Waals surface area (Å²) >= 11 is 0. The van der Waals surface area contributed by atoms with Crippen LogP contribution in [-0.2, 0) is 25.7 Å². The van der Waals surface area contributed by atoms with Gasteiger partial charge in [-0.2, -0.15) is 18.8 Å². The quantitative estimate of drug-likeness (QED) is 0.564. The predicted molar refractivity (Wildman–Crippen MR) is 134 cm³/mol. The molecular weight excluding hydrogens is 500 g/mol. The summed E-state index contributed by atoms with van der Waals surface area (Å²) in [5, 5.41) is 17.1. The van der Waals surface area contributed by atoms with Gasteiger partial charge in [-0.15, -0.1) is 0 Å². The van der Waals surface area contributed by atoms with Crippen LogP contribution in [0.2, 0.25) is 0 Å². The fourth-order valence-corrected chi connectivity index (χ4v) is 5.01. The van der Waals surface area contributed by atoms with Gasteiger partial charge in [0.25, 0.3) is 0 Å². The van der Waals surface area contributed by atoms with Crippen LogP contribution < -0.4 is 10.2 Å². The monoisotopic (exact) mass is 530 g/mol. The van der Waals surface area contributed by atoms with Gasteiger partial charge in [0.2, 0.25) is 6.35 Å². The number of rotatable bonds is 4. The van der Waals surface area contributed by atoms with Crippen LogP contribution in [0.4, 0.5) is 10.6 Å². The van der Waals surface area contributed by atoms with E-state index in [2.05, 4.69) is 11.4 Å². The molecule has 0 saturated heterocycles. The summed E-state index contributed by atoms with van der Waals surface area (Å²) in [5.74, 6) is 0.439. The highest BCUT2D eigenvalue weighted by molar-refractivity contribution is 7.80. The van der Waals surface area contributed by atoms with E-state index in [0.717, 1.165) is 11.1 Å². The fraction of sp³-hybridized carbons (Fsp3) is 0.458. The Morgan fingerprint density at radius 2 is 1.92 bits per heavy atom. The van der Waals surface area contributed by atoms with Crippen LogP contribution in [-0.4, -0.2) is 52.2 Å². The molecule has 13 heteroatoms. The van der Waals surface area contributed by atoms with Crippen molar-refractivity contribution in [3.05, 3.63) is 52.5 Å². The van der Waals surface area contributed by atoms with Gasteiger partial charge in [0.1, 0.15) is 11.4 Å². The van der Waals surface area contributed by atoms with E-state index in [4.69, 9.17) is 14.0 Å². The summed E-state index contributed by atoms with van der Waals surface area (Å²) in [4.78, 5) is 16.1. The molecule has 2 aliphatic rings. The molecule has 37 heavy (non-hydrogen) atoms. The Labute approximate surface area is 216 Å².